The molecule has 140 valence electrons. The lowest BCUT2D eigenvalue weighted by Crippen LogP contribution is -2.31. The summed E-state index contributed by atoms with van der Waals surface area (Å²) in [5.74, 6) is -0.267. The fourth-order valence-electron chi connectivity index (χ4n) is 3.32. The van der Waals surface area contributed by atoms with Gasteiger partial charge in [-0.1, -0.05) is 0 Å². The SMILES string of the molecule is CN(C)/C=N\c1ncnc2c1ncn2[C@@H]1O[C@H](CO)[C@H]2OC(C)(C)O[C@H]21. The summed E-state index contributed by atoms with van der Waals surface area (Å²) >= 11 is 0. The summed E-state index contributed by atoms with van der Waals surface area (Å²) in [5.41, 5.74) is 1.15. The molecule has 0 unspecified atom stereocenters. The Morgan fingerprint density at radius 1 is 1.27 bits per heavy atom. The third-order valence-corrected chi connectivity index (χ3v) is 4.33. The Balaban J connectivity index is 1.72. The van der Waals surface area contributed by atoms with E-state index < -0.39 is 18.1 Å². The number of rotatable bonds is 4. The van der Waals surface area contributed by atoms with Gasteiger partial charge in [0.1, 0.15) is 24.6 Å². The lowest BCUT2D eigenvalue weighted by atomic mass is 10.1. The highest BCUT2D eigenvalue weighted by atomic mass is 16.8. The Kier molecular flexibility index (Phi) is 4.14. The van der Waals surface area contributed by atoms with Gasteiger partial charge in [0.2, 0.25) is 0 Å². The van der Waals surface area contributed by atoms with Crippen LogP contribution in [0.5, 0.6) is 0 Å². The number of fused-ring (bicyclic) bond motifs is 2. The van der Waals surface area contributed by atoms with Crippen molar-refractivity contribution in [2.45, 2.75) is 44.2 Å². The molecular formula is C16H22N6O4. The van der Waals surface area contributed by atoms with Crippen molar-refractivity contribution in [2.75, 3.05) is 20.7 Å². The van der Waals surface area contributed by atoms with Crippen LogP contribution in [-0.2, 0) is 14.2 Å². The fraction of sp³-hybridized carbons (Fsp3) is 0.625. The van der Waals surface area contributed by atoms with Gasteiger partial charge in [0.15, 0.2) is 29.0 Å². The summed E-state index contributed by atoms with van der Waals surface area (Å²) in [6.45, 7) is 3.54. The van der Waals surface area contributed by atoms with Crippen LogP contribution in [0.15, 0.2) is 17.6 Å². The molecule has 0 amide bonds. The highest BCUT2D eigenvalue weighted by Gasteiger charge is 2.55. The first-order chi connectivity index (χ1) is 12.4. The minimum atomic E-state index is -0.739. The molecule has 0 aromatic carbocycles. The third kappa shape index (κ3) is 2.84. The first-order valence-electron chi connectivity index (χ1n) is 8.40. The molecule has 0 spiro atoms. The van der Waals surface area contributed by atoms with Gasteiger partial charge in [0, 0.05) is 14.1 Å². The maximum Gasteiger partial charge on any atom is 0.184 e. The van der Waals surface area contributed by atoms with E-state index in [1.54, 1.807) is 17.2 Å². The predicted octanol–water partition coefficient (Wildman–Crippen LogP) is 0.457. The summed E-state index contributed by atoms with van der Waals surface area (Å²) in [6.07, 6.45) is 3.01. The van der Waals surface area contributed by atoms with E-state index in [1.807, 2.05) is 32.8 Å². The number of aliphatic hydroxyl groups is 1. The Hall–Kier alpha value is -2.14. The van der Waals surface area contributed by atoms with Gasteiger partial charge in [-0.2, -0.15) is 0 Å². The first kappa shape index (κ1) is 17.3. The number of nitrogens with zero attached hydrogens (tertiary/aromatic N) is 6. The van der Waals surface area contributed by atoms with Crippen LogP contribution >= 0.6 is 0 Å². The molecule has 4 heterocycles. The number of hydrogen-bond acceptors (Lipinski definition) is 8. The molecule has 1 N–H and O–H groups in total. The molecule has 2 aromatic heterocycles. The monoisotopic (exact) mass is 362 g/mol. The molecule has 4 atom stereocenters. The van der Waals surface area contributed by atoms with Crippen molar-refractivity contribution in [3.8, 4) is 0 Å². The summed E-state index contributed by atoms with van der Waals surface area (Å²) < 4.78 is 19.7. The molecule has 10 nitrogen and oxygen atoms in total. The van der Waals surface area contributed by atoms with Gasteiger partial charge in [-0.25, -0.2) is 19.9 Å². The molecule has 0 aliphatic carbocycles. The topological polar surface area (TPSA) is 107 Å². The van der Waals surface area contributed by atoms with Crippen LogP contribution in [0.1, 0.15) is 20.1 Å². The average Bonchev–Trinajstić information content (AvgIpc) is 3.23. The van der Waals surface area contributed by atoms with E-state index in [0.717, 1.165) is 0 Å². The standard InChI is InChI=1S/C16H22N6O4/c1-16(2)25-11-9(5-23)24-15(12(11)26-16)22-8-19-10-13(20-7-21(3)4)17-6-18-14(10)22/h6-9,11-12,15,23H,5H2,1-4H3/b20-7-/t9-,11-,12-,15-/m1/s1. The van der Waals surface area contributed by atoms with Gasteiger partial charge < -0.3 is 24.2 Å². The van der Waals surface area contributed by atoms with Crippen molar-refractivity contribution < 1.29 is 19.3 Å². The Morgan fingerprint density at radius 2 is 2.04 bits per heavy atom. The Labute approximate surface area is 150 Å². The number of aliphatic hydroxyl groups excluding tert-OH is 1. The Bertz CT molecular complexity index is 835. The van der Waals surface area contributed by atoms with Gasteiger partial charge in [0.25, 0.3) is 0 Å². The second-order valence-electron chi connectivity index (χ2n) is 7.04. The van der Waals surface area contributed by atoms with Crippen molar-refractivity contribution in [3.05, 3.63) is 12.7 Å². The molecule has 0 saturated carbocycles. The van der Waals surface area contributed by atoms with Crippen molar-refractivity contribution in [1.82, 2.24) is 24.4 Å². The van der Waals surface area contributed by atoms with E-state index in [4.69, 9.17) is 14.2 Å². The van der Waals surface area contributed by atoms with Crippen LogP contribution in [0, 0.1) is 0 Å². The second-order valence-corrected chi connectivity index (χ2v) is 7.04. The molecule has 2 saturated heterocycles. The maximum absolute atomic E-state index is 9.64. The average molecular weight is 362 g/mol. The van der Waals surface area contributed by atoms with Gasteiger partial charge in [-0.05, 0) is 13.8 Å². The highest BCUT2D eigenvalue weighted by Crippen LogP contribution is 2.43. The smallest absolute Gasteiger partial charge is 0.184 e. The summed E-state index contributed by atoms with van der Waals surface area (Å²) in [7, 11) is 3.75. The van der Waals surface area contributed by atoms with Crippen molar-refractivity contribution in [3.63, 3.8) is 0 Å². The molecule has 2 fully saturated rings. The quantitative estimate of drug-likeness (QED) is 0.617. The van der Waals surface area contributed by atoms with Crippen LogP contribution in [0.4, 0.5) is 5.82 Å². The zero-order valence-electron chi connectivity index (χ0n) is 15.1. The van der Waals surface area contributed by atoms with E-state index >= 15 is 0 Å². The molecule has 0 radical (unpaired) electrons. The summed E-state index contributed by atoms with van der Waals surface area (Å²) in [6, 6.07) is 0. The van der Waals surface area contributed by atoms with Crippen molar-refractivity contribution >= 4 is 23.3 Å². The first-order valence-corrected chi connectivity index (χ1v) is 8.40. The number of ether oxygens (including phenoxy) is 3. The number of aromatic nitrogens is 4. The zero-order chi connectivity index (χ0) is 18.5. The Morgan fingerprint density at radius 3 is 2.77 bits per heavy atom. The van der Waals surface area contributed by atoms with E-state index in [0.29, 0.717) is 17.0 Å². The summed E-state index contributed by atoms with van der Waals surface area (Å²) in [5, 5.41) is 9.64. The van der Waals surface area contributed by atoms with Crippen LogP contribution in [-0.4, -0.2) is 80.7 Å². The van der Waals surface area contributed by atoms with E-state index in [1.165, 1.54) is 6.33 Å². The van der Waals surface area contributed by atoms with E-state index in [2.05, 4.69) is 19.9 Å². The highest BCUT2D eigenvalue weighted by molar-refractivity contribution is 5.82. The van der Waals surface area contributed by atoms with Crippen LogP contribution in [0.3, 0.4) is 0 Å². The van der Waals surface area contributed by atoms with Gasteiger partial charge in [0.05, 0.1) is 19.3 Å². The minimum Gasteiger partial charge on any atom is -0.394 e. The summed E-state index contributed by atoms with van der Waals surface area (Å²) in [4.78, 5) is 19.1. The van der Waals surface area contributed by atoms with Crippen LogP contribution in [0.2, 0.25) is 0 Å². The number of hydrogen-bond donors (Lipinski definition) is 1. The molecule has 26 heavy (non-hydrogen) atoms. The third-order valence-electron chi connectivity index (χ3n) is 4.33. The second kappa shape index (κ2) is 6.23. The van der Waals surface area contributed by atoms with Crippen LogP contribution in [0.25, 0.3) is 11.2 Å². The predicted molar refractivity (Wildman–Crippen MR) is 92.0 cm³/mol. The molecule has 4 rings (SSSR count). The van der Waals surface area contributed by atoms with Crippen LogP contribution < -0.4 is 0 Å². The maximum atomic E-state index is 9.64. The normalized spacial score (nSPS) is 30.3. The van der Waals surface area contributed by atoms with E-state index in [9.17, 15) is 5.11 Å². The minimum absolute atomic E-state index is 0.156. The molecule has 2 aromatic rings. The molecular weight excluding hydrogens is 340 g/mol. The van der Waals surface area contributed by atoms with E-state index in [-0.39, 0.29) is 18.8 Å². The van der Waals surface area contributed by atoms with Crippen molar-refractivity contribution in [2.24, 2.45) is 4.99 Å². The lowest BCUT2D eigenvalue weighted by molar-refractivity contribution is -0.199. The molecule has 0 bridgehead atoms. The molecule has 2 aliphatic rings. The van der Waals surface area contributed by atoms with Crippen molar-refractivity contribution in [1.29, 1.82) is 0 Å². The fourth-order valence-corrected chi connectivity index (χ4v) is 3.32. The van der Waals surface area contributed by atoms with Gasteiger partial charge >= 0.3 is 0 Å². The molecule has 2 aliphatic heterocycles. The van der Waals surface area contributed by atoms with Gasteiger partial charge in [-0.15, -0.1) is 0 Å². The number of imidazole rings is 1. The lowest BCUT2D eigenvalue weighted by Gasteiger charge is -2.24. The van der Waals surface area contributed by atoms with Gasteiger partial charge in [-0.3, -0.25) is 4.57 Å². The zero-order valence-corrected chi connectivity index (χ0v) is 15.1. The number of aliphatic imine (C=N–C) groups is 1. The largest absolute Gasteiger partial charge is 0.394 e. The molecule has 10 heteroatoms.